The van der Waals surface area contributed by atoms with Crippen LogP contribution < -0.4 is 16.1 Å². The summed E-state index contributed by atoms with van der Waals surface area (Å²) in [6, 6.07) is 11.6. The first kappa shape index (κ1) is 23.3. The molecule has 2 aromatic carbocycles. The van der Waals surface area contributed by atoms with Crippen LogP contribution in [0.3, 0.4) is 0 Å². The fraction of sp³-hybridized carbons (Fsp3) is 0.240. The second kappa shape index (κ2) is 9.68. The second-order valence-electron chi connectivity index (χ2n) is 8.46. The number of amides is 1. The minimum Gasteiger partial charge on any atom is -0.368 e. The number of aromatic nitrogens is 4. The molecular formula is C25H22F2N6O3. The fourth-order valence-electron chi connectivity index (χ4n) is 4.29. The van der Waals surface area contributed by atoms with Gasteiger partial charge in [0.2, 0.25) is 5.91 Å². The maximum Gasteiger partial charge on any atom is 0.333 e. The topological polar surface area (TPSA) is 93.3 Å². The maximum absolute atomic E-state index is 13.3. The number of benzene rings is 2. The number of fused-ring (bicyclic) bond motifs is 1. The Morgan fingerprint density at radius 2 is 1.42 bits per heavy atom. The molecule has 0 aliphatic carbocycles. The van der Waals surface area contributed by atoms with Crippen LogP contribution in [0.5, 0.6) is 0 Å². The molecule has 11 heteroatoms. The fourth-order valence-corrected chi connectivity index (χ4v) is 4.29. The van der Waals surface area contributed by atoms with Crippen LogP contribution in [-0.4, -0.2) is 56.1 Å². The minimum atomic E-state index is -0.698. The van der Waals surface area contributed by atoms with Gasteiger partial charge >= 0.3 is 5.69 Å². The number of carbonyl (C=O) groups excluding carboxylic acids is 1. The summed E-state index contributed by atoms with van der Waals surface area (Å²) in [6.07, 6.45) is 2.70. The minimum absolute atomic E-state index is 0.0288. The summed E-state index contributed by atoms with van der Waals surface area (Å²) in [5.41, 5.74) is 0.0800. The molecule has 184 valence electrons. The number of carbonyl (C=O) groups is 1. The summed E-state index contributed by atoms with van der Waals surface area (Å²) in [4.78, 5) is 51.4. The molecule has 0 unspecified atom stereocenters. The molecule has 3 heterocycles. The number of piperazine rings is 1. The summed E-state index contributed by atoms with van der Waals surface area (Å²) in [5.74, 6) is -1.04. The van der Waals surface area contributed by atoms with E-state index < -0.39 is 17.1 Å². The molecule has 1 amide bonds. The second-order valence-corrected chi connectivity index (χ2v) is 8.46. The van der Waals surface area contributed by atoms with E-state index in [4.69, 9.17) is 0 Å². The number of hydrogen-bond donors (Lipinski definition) is 0. The predicted molar refractivity (Wildman–Crippen MR) is 129 cm³/mol. The van der Waals surface area contributed by atoms with Gasteiger partial charge in [0.25, 0.3) is 5.56 Å². The number of nitrogens with zero attached hydrogens (tertiary/aromatic N) is 6. The van der Waals surface area contributed by atoms with Crippen molar-refractivity contribution in [3.63, 3.8) is 0 Å². The van der Waals surface area contributed by atoms with Crippen molar-refractivity contribution in [1.29, 1.82) is 0 Å². The van der Waals surface area contributed by atoms with Crippen molar-refractivity contribution in [1.82, 2.24) is 24.0 Å². The van der Waals surface area contributed by atoms with Gasteiger partial charge in [0.05, 0.1) is 6.54 Å². The van der Waals surface area contributed by atoms with E-state index in [2.05, 4.69) is 14.9 Å². The zero-order chi connectivity index (χ0) is 25.2. The van der Waals surface area contributed by atoms with Crippen molar-refractivity contribution in [2.75, 3.05) is 31.1 Å². The molecule has 9 nitrogen and oxygen atoms in total. The van der Waals surface area contributed by atoms with Crippen LogP contribution in [0, 0.1) is 11.6 Å². The van der Waals surface area contributed by atoms with E-state index in [1.165, 1.54) is 48.8 Å². The molecule has 2 aromatic heterocycles. The highest BCUT2D eigenvalue weighted by Crippen LogP contribution is 2.17. The van der Waals surface area contributed by atoms with Gasteiger partial charge < -0.3 is 9.80 Å². The predicted octanol–water partition coefficient (Wildman–Crippen LogP) is 1.63. The van der Waals surface area contributed by atoms with Crippen LogP contribution in [0.25, 0.3) is 11.2 Å². The Kier molecular flexibility index (Phi) is 6.28. The van der Waals surface area contributed by atoms with Gasteiger partial charge in [0.15, 0.2) is 11.2 Å². The molecule has 0 atom stereocenters. The molecule has 4 aromatic rings. The van der Waals surface area contributed by atoms with Crippen LogP contribution in [0.4, 0.5) is 14.5 Å². The maximum atomic E-state index is 13.3. The highest BCUT2D eigenvalue weighted by Gasteiger charge is 2.24. The molecule has 0 bridgehead atoms. The smallest absolute Gasteiger partial charge is 0.333 e. The molecule has 0 radical (unpaired) electrons. The number of halogens is 2. The van der Waals surface area contributed by atoms with Gasteiger partial charge in [-0.2, -0.15) is 0 Å². The lowest BCUT2D eigenvalue weighted by atomic mass is 10.2. The van der Waals surface area contributed by atoms with E-state index in [9.17, 15) is 23.2 Å². The zero-order valence-electron chi connectivity index (χ0n) is 19.2. The molecule has 0 N–H and O–H groups in total. The SMILES string of the molecule is O=C(Cn1c(=O)n(Cc2ccc(F)cc2)c(=O)c2nccnc21)N1CCN(c2ccc(F)cc2)CC1. The lowest BCUT2D eigenvalue weighted by Gasteiger charge is -2.36. The van der Waals surface area contributed by atoms with E-state index in [-0.39, 0.29) is 36.0 Å². The Morgan fingerprint density at radius 3 is 2.08 bits per heavy atom. The van der Waals surface area contributed by atoms with Gasteiger partial charge in [-0.15, -0.1) is 0 Å². The normalized spacial score (nSPS) is 13.8. The largest absolute Gasteiger partial charge is 0.368 e. The third-order valence-electron chi connectivity index (χ3n) is 6.22. The van der Waals surface area contributed by atoms with Gasteiger partial charge in [-0.3, -0.25) is 18.7 Å². The molecule has 5 rings (SSSR count). The van der Waals surface area contributed by atoms with E-state index >= 15 is 0 Å². The van der Waals surface area contributed by atoms with E-state index in [0.29, 0.717) is 31.7 Å². The molecule has 0 saturated carbocycles. The van der Waals surface area contributed by atoms with Gasteiger partial charge in [-0.05, 0) is 42.0 Å². The first-order valence-corrected chi connectivity index (χ1v) is 11.4. The quantitative estimate of drug-likeness (QED) is 0.421. The lowest BCUT2D eigenvalue weighted by molar-refractivity contribution is -0.132. The van der Waals surface area contributed by atoms with Crippen molar-refractivity contribution in [2.45, 2.75) is 13.1 Å². The summed E-state index contributed by atoms with van der Waals surface area (Å²) in [6.45, 7) is 1.53. The molecule has 36 heavy (non-hydrogen) atoms. The van der Waals surface area contributed by atoms with E-state index in [1.54, 1.807) is 17.0 Å². The van der Waals surface area contributed by atoms with Crippen LogP contribution in [0.15, 0.2) is 70.5 Å². The average molecular weight is 492 g/mol. The monoisotopic (exact) mass is 492 g/mol. The van der Waals surface area contributed by atoms with E-state index in [0.717, 1.165) is 14.8 Å². The Labute approximate surface area is 203 Å². The Balaban J connectivity index is 1.40. The van der Waals surface area contributed by atoms with Crippen LogP contribution in [0.1, 0.15) is 5.56 Å². The lowest BCUT2D eigenvalue weighted by Crippen LogP contribution is -2.51. The highest BCUT2D eigenvalue weighted by molar-refractivity contribution is 5.78. The van der Waals surface area contributed by atoms with Crippen LogP contribution in [-0.2, 0) is 17.9 Å². The van der Waals surface area contributed by atoms with Crippen LogP contribution in [0.2, 0.25) is 0 Å². The molecule has 0 spiro atoms. The Morgan fingerprint density at radius 1 is 0.806 bits per heavy atom. The van der Waals surface area contributed by atoms with Crippen LogP contribution >= 0.6 is 0 Å². The summed E-state index contributed by atoms with van der Waals surface area (Å²) < 4.78 is 28.7. The molecule has 1 aliphatic heterocycles. The third kappa shape index (κ3) is 4.59. The van der Waals surface area contributed by atoms with Gasteiger partial charge in [0.1, 0.15) is 18.2 Å². The average Bonchev–Trinajstić information content (AvgIpc) is 2.90. The third-order valence-corrected chi connectivity index (χ3v) is 6.22. The van der Waals surface area contributed by atoms with E-state index in [1.807, 2.05) is 0 Å². The Hall–Kier alpha value is -4.41. The first-order valence-electron chi connectivity index (χ1n) is 11.4. The number of anilines is 1. The van der Waals surface area contributed by atoms with Crippen molar-refractivity contribution in [2.24, 2.45) is 0 Å². The first-order chi connectivity index (χ1) is 17.4. The summed E-state index contributed by atoms with van der Waals surface area (Å²) >= 11 is 0. The summed E-state index contributed by atoms with van der Waals surface area (Å²) in [5, 5.41) is 0. The van der Waals surface area contributed by atoms with Crippen molar-refractivity contribution >= 4 is 22.8 Å². The van der Waals surface area contributed by atoms with Gasteiger partial charge in [-0.1, -0.05) is 12.1 Å². The highest BCUT2D eigenvalue weighted by atomic mass is 19.1. The molecule has 1 saturated heterocycles. The Bertz CT molecular complexity index is 1530. The van der Waals surface area contributed by atoms with Gasteiger partial charge in [-0.25, -0.2) is 23.5 Å². The molecule has 1 aliphatic rings. The van der Waals surface area contributed by atoms with Gasteiger partial charge in [0, 0.05) is 44.3 Å². The van der Waals surface area contributed by atoms with Crippen molar-refractivity contribution in [3.8, 4) is 0 Å². The summed E-state index contributed by atoms with van der Waals surface area (Å²) in [7, 11) is 0. The standard InChI is InChI=1S/C25H22F2N6O3/c26-18-3-1-17(2-4-18)15-33-24(35)22-23(29-10-9-28-22)32(25(33)36)16-21(34)31-13-11-30(12-14-31)20-7-5-19(27)6-8-20/h1-10H,11-16H2. The van der Waals surface area contributed by atoms with Crippen molar-refractivity contribution < 1.29 is 13.6 Å². The van der Waals surface area contributed by atoms with Crippen molar-refractivity contribution in [3.05, 3.63) is 99.0 Å². The molecule has 1 fully saturated rings. The zero-order valence-corrected chi connectivity index (χ0v) is 19.2. The number of hydrogen-bond acceptors (Lipinski definition) is 6. The number of rotatable bonds is 5. The molecular weight excluding hydrogens is 470 g/mol.